The van der Waals surface area contributed by atoms with Crippen LogP contribution in [0, 0.1) is 17.8 Å². The predicted molar refractivity (Wildman–Crippen MR) is 198 cm³/mol. The molecule has 2 aromatic carbocycles. The SMILES string of the molecule is COCCC/C(=N\OC(=O)C(C)C)C(=O)c1cc(N)c2oc3c(CCCCC(C)C)cc(C(=O)/C(CCCOC)=N/OC(=O)C(C)C)cc3c2c1. The number of carbonyl (C=O) groups is 4. The lowest BCUT2D eigenvalue weighted by Crippen LogP contribution is -2.18. The first-order chi connectivity index (χ1) is 24.3. The highest BCUT2D eigenvalue weighted by atomic mass is 16.7. The number of nitrogens with two attached hydrogens (primary N) is 1. The Hall–Kier alpha value is -4.42. The van der Waals surface area contributed by atoms with Crippen molar-refractivity contribution in [2.24, 2.45) is 28.1 Å². The molecule has 12 nitrogen and oxygen atoms in total. The summed E-state index contributed by atoms with van der Waals surface area (Å²) in [6.45, 7) is 11.8. The van der Waals surface area contributed by atoms with Crippen molar-refractivity contribution in [3.05, 3.63) is 41.0 Å². The summed E-state index contributed by atoms with van der Waals surface area (Å²) in [4.78, 5) is 62.6. The second-order valence-corrected chi connectivity index (χ2v) is 13.8. The Morgan fingerprint density at radius 2 is 1.18 bits per heavy atom. The van der Waals surface area contributed by atoms with Gasteiger partial charge in [-0.3, -0.25) is 9.59 Å². The highest BCUT2D eigenvalue weighted by molar-refractivity contribution is 6.47. The number of benzene rings is 2. The van der Waals surface area contributed by atoms with E-state index in [2.05, 4.69) is 24.2 Å². The first-order valence-electron chi connectivity index (χ1n) is 17.7. The van der Waals surface area contributed by atoms with E-state index in [1.54, 1.807) is 60.1 Å². The number of fused-ring (bicyclic) bond motifs is 3. The van der Waals surface area contributed by atoms with E-state index in [0.29, 0.717) is 65.9 Å². The molecule has 3 rings (SSSR count). The minimum Gasteiger partial charge on any atom is -0.454 e. The Morgan fingerprint density at radius 3 is 1.65 bits per heavy atom. The van der Waals surface area contributed by atoms with Gasteiger partial charge in [-0.25, -0.2) is 9.59 Å². The number of aryl methyl sites for hydroxylation is 1. The molecule has 0 spiro atoms. The van der Waals surface area contributed by atoms with Gasteiger partial charge in [-0.05, 0) is 74.3 Å². The molecule has 278 valence electrons. The molecule has 1 aromatic heterocycles. The zero-order chi connectivity index (χ0) is 37.7. The molecular weight excluding hydrogens is 654 g/mol. The number of ketones is 2. The second kappa shape index (κ2) is 19.8. The van der Waals surface area contributed by atoms with E-state index in [0.717, 1.165) is 24.8 Å². The maximum absolute atomic E-state index is 14.1. The van der Waals surface area contributed by atoms with Crippen molar-refractivity contribution in [3.63, 3.8) is 0 Å². The average Bonchev–Trinajstić information content (AvgIpc) is 3.47. The first-order valence-corrected chi connectivity index (χ1v) is 17.7. The van der Waals surface area contributed by atoms with Crippen molar-refractivity contribution < 1.29 is 42.7 Å². The molecule has 0 amide bonds. The number of furan rings is 1. The molecule has 3 aromatic rings. The summed E-state index contributed by atoms with van der Waals surface area (Å²) in [6, 6.07) is 6.67. The number of carbonyl (C=O) groups excluding carboxylic acids is 4. The van der Waals surface area contributed by atoms with Crippen LogP contribution >= 0.6 is 0 Å². The minimum absolute atomic E-state index is 0.0437. The third kappa shape index (κ3) is 11.5. The van der Waals surface area contributed by atoms with Crippen LogP contribution in [-0.4, -0.2) is 62.4 Å². The number of unbranched alkanes of at least 4 members (excludes halogenated alkanes) is 1. The fourth-order valence-corrected chi connectivity index (χ4v) is 5.31. The number of anilines is 1. The van der Waals surface area contributed by atoms with Gasteiger partial charge in [-0.1, -0.05) is 64.7 Å². The first kappa shape index (κ1) is 41.0. The zero-order valence-electron chi connectivity index (χ0n) is 31.3. The van der Waals surface area contributed by atoms with Gasteiger partial charge in [0.1, 0.15) is 17.0 Å². The number of oxime groups is 2. The molecule has 0 unspecified atom stereocenters. The summed E-state index contributed by atoms with van der Waals surface area (Å²) in [5, 5.41) is 9.08. The summed E-state index contributed by atoms with van der Waals surface area (Å²) in [7, 11) is 3.12. The average molecular weight is 708 g/mol. The largest absolute Gasteiger partial charge is 0.454 e. The number of rotatable bonds is 21. The van der Waals surface area contributed by atoms with Gasteiger partial charge in [0.05, 0.1) is 17.5 Å². The van der Waals surface area contributed by atoms with Crippen LogP contribution in [0.3, 0.4) is 0 Å². The lowest BCUT2D eigenvalue weighted by molar-refractivity contribution is -0.148. The van der Waals surface area contributed by atoms with E-state index in [9.17, 15) is 19.2 Å². The van der Waals surface area contributed by atoms with Gasteiger partial charge in [0.2, 0.25) is 11.6 Å². The quantitative estimate of drug-likeness (QED) is 0.0287. The third-order valence-corrected chi connectivity index (χ3v) is 8.26. The maximum atomic E-state index is 14.1. The van der Waals surface area contributed by atoms with Gasteiger partial charge in [-0.15, -0.1) is 0 Å². The summed E-state index contributed by atoms with van der Waals surface area (Å²) < 4.78 is 16.7. The molecule has 0 radical (unpaired) electrons. The molecule has 51 heavy (non-hydrogen) atoms. The number of ether oxygens (including phenoxy) is 2. The van der Waals surface area contributed by atoms with Crippen LogP contribution in [0.1, 0.15) is 113 Å². The van der Waals surface area contributed by atoms with Crippen LogP contribution in [0.2, 0.25) is 0 Å². The van der Waals surface area contributed by atoms with Crippen molar-refractivity contribution in [1.29, 1.82) is 0 Å². The van der Waals surface area contributed by atoms with E-state index in [4.69, 9.17) is 29.3 Å². The molecule has 0 aliphatic heterocycles. The van der Waals surface area contributed by atoms with Gasteiger partial charge >= 0.3 is 11.9 Å². The van der Waals surface area contributed by atoms with Gasteiger partial charge in [0.15, 0.2) is 5.58 Å². The van der Waals surface area contributed by atoms with Gasteiger partial charge < -0.3 is 29.3 Å². The van der Waals surface area contributed by atoms with Crippen LogP contribution in [0.5, 0.6) is 0 Å². The fourth-order valence-electron chi connectivity index (χ4n) is 5.31. The van der Waals surface area contributed by atoms with Gasteiger partial charge in [0.25, 0.3) is 0 Å². The normalized spacial score (nSPS) is 12.5. The molecular formula is C39H53N3O9. The number of Topliss-reactive ketones (excluding diaryl/α,β-unsaturated/α-hetero) is 2. The molecule has 0 saturated heterocycles. The van der Waals surface area contributed by atoms with Crippen molar-refractivity contribution >= 4 is 62.6 Å². The fraction of sp³-hybridized carbons (Fsp3) is 0.538. The number of hydrogen-bond acceptors (Lipinski definition) is 12. The van der Waals surface area contributed by atoms with E-state index < -0.39 is 35.3 Å². The number of methoxy groups -OCH3 is 2. The second-order valence-electron chi connectivity index (χ2n) is 13.8. The Morgan fingerprint density at radius 1 is 0.686 bits per heavy atom. The number of nitrogens with zero attached hydrogens (tertiary/aromatic N) is 2. The Bertz CT molecular complexity index is 1750. The van der Waals surface area contributed by atoms with E-state index in [-0.39, 0.29) is 35.5 Å². The third-order valence-electron chi connectivity index (χ3n) is 8.26. The maximum Gasteiger partial charge on any atom is 0.337 e. The predicted octanol–water partition coefficient (Wildman–Crippen LogP) is 7.87. The Kier molecular flexibility index (Phi) is 15.9. The van der Waals surface area contributed by atoms with Crippen molar-refractivity contribution in [2.75, 3.05) is 33.2 Å². The van der Waals surface area contributed by atoms with Gasteiger partial charge in [-0.2, -0.15) is 0 Å². The smallest absolute Gasteiger partial charge is 0.337 e. The van der Waals surface area contributed by atoms with Crippen molar-refractivity contribution in [2.45, 2.75) is 92.9 Å². The van der Waals surface area contributed by atoms with E-state index >= 15 is 0 Å². The van der Waals surface area contributed by atoms with Crippen molar-refractivity contribution in [3.8, 4) is 0 Å². The monoisotopic (exact) mass is 707 g/mol. The summed E-state index contributed by atoms with van der Waals surface area (Å²) in [5.41, 5.74) is 9.16. The van der Waals surface area contributed by atoms with Crippen LogP contribution in [0.4, 0.5) is 5.69 Å². The molecule has 0 saturated carbocycles. The molecule has 12 heteroatoms. The molecule has 0 atom stereocenters. The molecule has 0 aliphatic carbocycles. The zero-order valence-corrected chi connectivity index (χ0v) is 31.3. The molecule has 0 fully saturated rings. The lowest BCUT2D eigenvalue weighted by atomic mass is 9.94. The van der Waals surface area contributed by atoms with Gasteiger partial charge in [0, 0.05) is 49.3 Å². The topological polar surface area (TPSA) is 169 Å². The lowest BCUT2D eigenvalue weighted by Gasteiger charge is -2.10. The van der Waals surface area contributed by atoms with Crippen LogP contribution in [0.25, 0.3) is 21.9 Å². The molecule has 2 N–H and O–H groups in total. The Balaban J connectivity index is 2.19. The van der Waals surface area contributed by atoms with E-state index in [1.165, 1.54) is 6.07 Å². The van der Waals surface area contributed by atoms with Crippen LogP contribution in [0.15, 0.2) is 39.0 Å². The van der Waals surface area contributed by atoms with Crippen LogP contribution < -0.4 is 5.73 Å². The van der Waals surface area contributed by atoms with E-state index in [1.807, 2.05) is 0 Å². The number of hydrogen-bond donors (Lipinski definition) is 1. The summed E-state index contributed by atoms with van der Waals surface area (Å²) >= 11 is 0. The molecule has 0 bridgehead atoms. The minimum atomic E-state index is -0.565. The molecule has 1 heterocycles. The molecule has 0 aliphatic rings. The van der Waals surface area contributed by atoms with Crippen molar-refractivity contribution in [1.82, 2.24) is 0 Å². The highest BCUT2D eigenvalue weighted by Crippen LogP contribution is 2.37. The van der Waals surface area contributed by atoms with Crippen LogP contribution in [-0.2, 0) is 35.2 Å². The summed E-state index contributed by atoms with van der Waals surface area (Å²) in [6.07, 6.45) is 4.92. The highest BCUT2D eigenvalue weighted by Gasteiger charge is 2.24. The standard InChI is InChI=1S/C39H53N3O9/c1-23(2)13-9-10-14-26-19-27(34(43)32(15-11-17-47-7)41-50-38(45)24(3)4)20-29-30-21-28(22-31(40)37(30)49-36(26)29)35(44)33(16-12-18-48-8)42-51-39(46)25(5)6/h19-25H,9-18,40H2,1-8H3/b41-32+,42-33+. The number of nitrogen functional groups attached to an aromatic ring is 1. The summed E-state index contributed by atoms with van der Waals surface area (Å²) in [5.74, 6) is -2.29. The Labute approximate surface area is 300 Å².